The zero-order valence-corrected chi connectivity index (χ0v) is 19.0. The van der Waals surface area contributed by atoms with E-state index in [0.29, 0.717) is 17.0 Å². The second kappa shape index (κ2) is 8.91. The molecule has 4 rings (SSSR count). The highest BCUT2D eigenvalue weighted by molar-refractivity contribution is 9.10. The van der Waals surface area contributed by atoms with Gasteiger partial charge in [-0.15, -0.1) is 11.3 Å². The van der Waals surface area contributed by atoms with Crippen LogP contribution in [0.5, 0.6) is 5.75 Å². The maximum atomic E-state index is 12.4. The molecule has 0 bridgehead atoms. The van der Waals surface area contributed by atoms with Crippen molar-refractivity contribution in [1.29, 1.82) is 0 Å². The van der Waals surface area contributed by atoms with Gasteiger partial charge in [0.05, 0.1) is 23.0 Å². The number of hydrogen-bond acceptors (Lipinski definition) is 5. The first-order chi connectivity index (χ1) is 14.5. The van der Waals surface area contributed by atoms with Gasteiger partial charge in [0.25, 0.3) is 5.91 Å². The van der Waals surface area contributed by atoms with Gasteiger partial charge in [0.2, 0.25) is 0 Å². The quantitative estimate of drug-likeness (QED) is 0.345. The summed E-state index contributed by atoms with van der Waals surface area (Å²) in [4.78, 5) is 17.1. The summed E-state index contributed by atoms with van der Waals surface area (Å²) in [6.07, 6.45) is 0. The first-order valence-corrected chi connectivity index (χ1v) is 11.0. The van der Waals surface area contributed by atoms with Crippen LogP contribution in [0.4, 0.5) is 5.69 Å². The molecule has 5 nitrogen and oxygen atoms in total. The molecule has 4 aromatic rings. The second-order valence-electron chi connectivity index (χ2n) is 6.32. The zero-order chi connectivity index (χ0) is 21.1. The predicted molar refractivity (Wildman–Crippen MR) is 129 cm³/mol. The number of hydrogen-bond donors (Lipinski definition) is 2. The standard InChI is InChI=1S/C22H16BrN3O2S2/c1-28-18-11-8-14(21-24-16-4-2-3-5-19(16)30-21)12-17(18)25-22(29)26-20(27)13-6-9-15(23)10-7-13/h2-12H,1H3,(H2,25,26,27,29). The van der Waals surface area contributed by atoms with Crippen molar-refractivity contribution in [3.05, 3.63) is 76.8 Å². The lowest BCUT2D eigenvalue weighted by Crippen LogP contribution is -2.34. The number of amides is 1. The van der Waals surface area contributed by atoms with Gasteiger partial charge in [-0.3, -0.25) is 10.1 Å². The van der Waals surface area contributed by atoms with Gasteiger partial charge in [-0.05, 0) is 66.8 Å². The van der Waals surface area contributed by atoms with E-state index in [1.165, 1.54) is 0 Å². The van der Waals surface area contributed by atoms with Crippen LogP contribution in [0.25, 0.3) is 20.8 Å². The fourth-order valence-electron chi connectivity index (χ4n) is 2.86. The number of anilines is 1. The molecule has 0 saturated carbocycles. The van der Waals surface area contributed by atoms with Crippen molar-refractivity contribution in [2.75, 3.05) is 12.4 Å². The van der Waals surface area contributed by atoms with Crippen LogP contribution in [0.1, 0.15) is 10.4 Å². The van der Waals surface area contributed by atoms with E-state index < -0.39 is 0 Å². The van der Waals surface area contributed by atoms with E-state index in [1.54, 1.807) is 42.7 Å². The molecule has 150 valence electrons. The summed E-state index contributed by atoms with van der Waals surface area (Å²) in [5.74, 6) is 0.321. The minimum atomic E-state index is -0.290. The number of ether oxygens (including phenoxy) is 1. The summed E-state index contributed by atoms with van der Waals surface area (Å²) in [7, 11) is 1.58. The zero-order valence-electron chi connectivity index (χ0n) is 15.8. The van der Waals surface area contributed by atoms with Gasteiger partial charge in [0.1, 0.15) is 10.8 Å². The van der Waals surface area contributed by atoms with E-state index in [0.717, 1.165) is 25.3 Å². The Balaban J connectivity index is 1.55. The number of rotatable bonds is 4. The van der Waals surface area contributed by atoms with Crippen molar-refractivity contribution < 1.29 is 9.53 Å². The number of thiocarbonyl (C=S) groups is 1. The Hall–Kier alpha value is -2.81. The third-order valence-electron chi connectivity index (χ3n) is 4.32. The molecule has 0 radical (unpaired) electrons. The number of nitrogens with one attached hydrogen (secondary N) is 2. The monoisotopic (exact) mass is 497 g/mol. The van der Waals surface area contributed by atoms with E-state index in [-0.39, 0.29) is 11.0 Å². The van der Waals surface area contributed by atoms with Crippen molar-refractivity contribution in [3.8, 4) is 16.3 Å². The molecule has 0 spiro atoms. The number of fused-ring (bicyclic) bond motifs is 1. The Kier molecular flexibility index (Phi) is 6.08. The maximum absolute atomic E-state index is 12.4. The van der Waals surface area contributed by atoms with Crippen LogP contribution in [-0.4, -0.2) is 23.1 Å². The Bertz CT molecular complexity index is 1210. The molecule has 8 heteroatoms. The normalized spacial score (nSPS) is 10.6. The lowest BCUT2D eigenvalue weighted by atomic mass is 10.2. The van der Waals surface area contributed by atoms with Crippen molar-refractivity contribution in [2.24, 2.45) is 0 Å². The molecule has 0 saturated heterocycles. The molecular formula is C22H16BrN3O2S2. The summed E-state index contributed by atoms with van der Waals surface area (Å²) in [5, 5.41) is 6.83. The molecular weight excluding hydrogens is 482 g/mol. The average molecular weight is 498 g/mol. The minimum Gasteiger partial charge on any atom is -0.495 e. The van der Waals surface area contributed by atoms with Gasteiger partial charge in [0, 0.05) is 15.6 Å². The van der Waals surface area contributed by atoms with Gasteiger partial charge in [-0.2, -0.15) is 0 Å². The molecule has 1 heterocycles. The molecule has 3 aromatic carbocycles. The van der Waals surface area contributed by atoms with Crippen molar-refractivity contribution in [3.63, 3.8) is 0 Å². The van der Waals surface area contributed by atoms with Gasteiger partial charge < -0.3 is 10.1 Å². The molecule has 0 unspecified atom stereocenters. The first-order valence-electron chi connectivity index (χ1n) is 8.95. The Morgan fingerprint density at radius 2 is 1.87 bits per heavy atom. The van der Waals surface area contributed by atoms with Gasteiger partial charge in [-0.1, -0.05) is 28.1 Å². The largest absolute Gasteiger partial charge is 0.495 e. The summed E-state index contributed by atoms with van der Waals surface area (Å²) >= 11 is 10.3. The van der Waals surface area contributed by atoms with Gasteiger partial charge in [0.15, 0.2) is 5.11 Å². The number of thiazole rings is 1. The molecule has 0 fully saturated rings. The number of carbonyl (C=O) groups excluding carboxylic acids is 1. The highest BCUT2D eigenvalue weighted by Gasteiger charge is 2.13. The van der Waals surface area contributed by atoms with Crippen LogP contribution in [0.2, 0.25) is 0 Å². The van der Waals surface area contributed by atoms with E-state index in [9.17, 15) is 4.79 Å². The molecule has 0 aliphatic rings. The number of carbonyl (C=O) groups is 1. The number of aromatic nitrogens is 1. The van der Waals surface area contributed by atoms with E-state index in [4.69, 9.17) is 21.9 Å². The van der Waals surface area contributed by atoms with Crippen LogP contribution in [-0.2, 0) is 0 Å². The summed E-state index contributed by atoms with van der Waals surface area (Å²) in [6, 6.07) is 20.8. The number of benzene rings is 3. The Morgan fingerprint density at radius 3 is 2.60 bits per heavy atom. The third kappa shape index (κ3) is 4.51. The van der Waals surface area contributed by atoms with E-state index in [1.807, 2.05) is 42.5 Å². The van der Waals surface area contributed by atoms with Crippen molar-refractivity contribution in [1.82, 2.24) is 10.3 Å². The molecule has 2 N–H and O–H groups in total. The lowest BCUT2D eigenvalue weighted by molar-refractivity contribution is 0.0977. The third-order valence-corrected chi connectivity index (χ3v) is 6.14. The topological polar surface area (TPSA) is 63.2 Å². The highest BCUT2D eigenvalue weighted by Crippen LogP contribution is 2.34. The molecule has 1 amide bonds. The Morgan fingerprint density at radius 1 is 1.10 bits per heavy atom. The fourth-order valence-corrected chi connectivity index (χ4v) is 4.29. The number of para-hydroxylation sites is 1. The lowest BCUT2D eigenvalue weighted by Gasteiger charge is -2.14. The number of halogens is 1. The first kappa shape index (κ1) is 20.5. The van der Waals surface area contributed by atoms with Gasteiger partial charge >= 0.3 is 0 Å². The van der Waals surface area contributed by atoms with Crippen molar-refractivity contribution in [2.45, 2.75) is 0 Å². The van der Waals surface area contributed by atoms with Crippen LogP contribution < -0.4 is 15.4 Å². The molecule has 0 aliphatic heterocycles. The van der Waals surface area contributed by atoms with E-state index in [2.05, 4.69) is 26.6 Å². The summed E-state index contributed by atoms with van der Waals surface area (Å²) < 4.78 is 7.46. The summed E-state index contributed by atoms with van der Waals surface area (Å²) in [5.41, 5.74) is 3.05. The minimum absolute atomic E-state index is 0.183. The van der Waals surface area contributed by atoms with Gasteiger partial charge in [-0.25, -0.2) is 4.98 Å². The fraction of sp³-hybridized carbons (Fsp3) is 0.0455. The van der Waals surface area contributed by atoms with Crippen LogP contribution in [0.3, 0.4) is 0 Å². The van der Waals surface area contributed by atoms with Crippen LogP contribution in [0, 0.1) is 0 Å². The predicted octanol–water partition coefficient (Wildman–Crippen LogP) is 5.86. The van der Waals surface area contributed by atoms with Crippen LogP contribution in [0.15, 0.2) is 71.2 Å². The maximum Gasteiger partial charge on any atom is 0.257 e. The smallest absolute Gasteiger partial charge is 0.257 e. The second-order valence-corrected chi connectivity index (χ2v) is 8.67. The average Bonchev–Trinajstić information content (AvgIpc) is 3.18. The van der Waals surface area contributed by atoms with E-state index >= 15 is 0 Å². The molecule has 0 atom stereocenters. The van der Waals surface area contributed by atoms with Crippen LogP contribution >= 0.6 is 39.5 Å². The molecule has 30 heavy (non-hydrogen) atoms. The highest BCUT2D eigenvalue weighted by atomic mass is 79.9. The molecule has 1 aromatic heterocycles. The summed E-state index contributed by atoms with van der Waals surface area (Å²) in [6.45, 7) is 0. The van der Waals surface area contributed by atoms with Crippen molar-refractivity contribution >= 4 is 66.4 Å². The number of methoxy groups -OCH3 is 1. The Labute approximate surface area is 191 Å². The number of nitrogens with zero attached hydrogens (tertiary/aromatic N) is 1. The molecule has 0 aliphatic carbocycles. The SMILES string of the molecule is COc1ccc(-c2nc3ccccc3s2)cc1NC(=S)NC(=O)c1ccc(Br)cc1.